The Balaban J connectivity index is 1.87. The molecule has 1 aliphatic rings. The molecule has 2 atom stereocenters. The van der Waals surface area contributed by atoms with Crippen LogP contribution in [0.5, 0.6) is 0 Å². The molecule has 0 saturated carbocycles. The van der Waals surface area contributed by atoms with E-state index in [0.29, 0.717) is 17.4 Å². The van der Waals surface area contributed by atoms with Gasteiger partial charge in [-0.3, -0.25) is 4.79 Å². The van der Waals surface area contributed by atoms with Gasteiger partial charge in [-0.25, -0.2) is 4.79 Å². The number of amides is 1. The number of carbonyl (C=O) groups is 2. The van der Waals surface area contributed by atoms with Crippen LogP contribution in [0.15, 0.2) is 24.3 Å². The van der Waals surface area contributed by atoms with E-state index in [4.69, 9.17) is 0 Å². The lowest BCUT2D eigenvalue weighted by atomic mass is 9.92. The Bertz CT molecular complexity index is 517. The topological polar surface area (TPSA) is 58.6 Å². The van der Waals surface area contributed by atoms with Crippen LogP contribution in [0, 0.1) is 11.8 Å². The number of hydrogen-bond acceptors (Lipinski definition) is 4. The highest BCUT2D eigenvalue weighted by Crippen LogP contribution is 2.21. The van der Waals surface area contributed by atoms with E-state index in [-0.39, 0.29) is 18.4 Å². The van der Waals surface area contributed by atoms with Crippen LogP contribution in [0.25, 0.3) is 0 Å². The average Bonchev–Trinajstić information content (AvgIpc) is 2.51. The average molecular weight is 304 g/mol. The van der Waals surface area contributed by atoms with Crippen LogP contribution in [0.2, 0.25) is 0 Å². The quantitative estimate of drug-likeness (QED) is 0.868. The van der Waals surface area contributed by atoms with Crippen molar-refractivity contribution < 1.29 is 14.3 Å². The first-order chi connectivity index (χ1) is 10.5. The lowest BCUT2D eigenvalue weighted by Gasteiger charge is -2.35. The van der Waals surface area contributed by atoms with E-state index in [1.807, 2.05) is 4.90 Å². The number of esters is 1. The fourth-order valence-electron chi connectivity index (χ4n) is 3.00. The molecule has 5 heteroatoms. The van der Waals surface area contributed by atoms with Gasteiger partial charge in [-0.1, -0.05) is 13.8 Å². The first-order valence-corrected chi connectivity index (χ1v) is 7.69. The van der Waals surface area contributed by atoms with Crippen LogP contribution in [-0.2, 0) is 9.53 Å². The summed E-state index contributed by atoms with van der Waals surface area (Å²) in [4.78, 5) is 25.6. The zero-order chi connectivity index (χ0) is 16.1. The molecule has 2 rings (SSSR count). The minimum absolute atomic E-state index is 0.121. The number of piperidine rings is 1. The molecule has 0 unspecified atom stereocenters. The SMILES string of the molecule is COC(=O)c1ccc(NCC(=O)N2C[C@H](C)C[C@@H](C)C2)cc1. The molecule has 5 nitrogen and oxygen atoms in total. The van der Waals surface area contributed by atoms with E-state index in [0.717, 1.165) is 18.8 Å². The third-order valence-corrected chi connectivity index (χ3v) is 3.97. The normalized spacial score (nSPS) is 21.3. The van der Waals surface area contributed by atoms with E-state index in [1.165, 1.54) is 13.5 Å². The zero-order valence-electron chi connectivity index (χ0n) is 13.5. The summed E-state index contributed by atoms with van der Waals surface area (Å²) in [5.74, 6) is 0.883. The number of hydrogen-bond donors (Lipinski definition) is 1. The van der Waals surface area contributed by atoms with Crippen molar-refractivity contribution in [2.45, 2.75) is 20.3 Å². The van der Waals surface area contributed by atoms with Gasteiger partial charge in [0.25, 0.3) is 0 Å². The van der Waals surface area contributed by atoms with Gasteiger partial charge in [-0.05, 0) is 42.5 Å². The first-order valence-electron chi connectivity index (χ1n) is 7.69. The number of methoxy groups -OCH3 is 1. The fraction of sp³-hybridized carbons (Fsp3) is 0.529. The predicted octanol–water partition coefficient (Wildman–Crippen LogP) is 2.39. The van der Waals surface area contributed by atoms with Crippen molar-refractivity contribution in [3.05, 3.63) is 29.8 Å². The predicted molar refractivity (Wildman–Crippen MR) is 85.8 cm³/mol. The molecule has 1 aromatic rings. The van der Waals surface area contributed by atoms with Crippen molar-refractivity contribution in [1.82, 2.24) is 4.90 Å². The third-order valence-electron chi connectivity index (χ3n) is 3.97. The monoisotopic (exact) mass is 304 g/mol. The number of rotatable bonds is 4. The number of anilines is 1. The van der Waals surface area contributed by atoms with Gasteiger partial charge in [0, 0.05) is 18.8 Å². The van der Waals surface area contributed by atoms with Crippen molar-refractivity contribution in [1.29, 1.82) is 0 Å². The fourth-order valence-corrected chi connectivity index (χ4v) is 3.00. The second kappa shape index (κ2) is 7.29. The summed E-state index contributed by atoms with van der Waals surface area (Å²) >= 11 is 0. The number of carbonyl (C=O) groups excluding carboxylic acids is 2. The van der Waals surface area contributed by atoms with E-state index in [1.54, 1.807) is 24.3 Å². The van der Waals surface area contributed by atoms with Gasteiger partial charge in [0.2, 0.25) is 5.91 Å². The Morgan fingerprint density at radius 3 is 2.32 bits per heavy atom. The molecule has 1 amide bonds. The van der Waals surface area contributed by atoms with Crippen LogP contribution < -0.4 is 5.32 Å². The molecule has 0 spiro atoms. The minimum Gasteiger partial charge on any atom is -0.465 e. The molecule has 1 heterocycles. The molecule has 1 N–H and O–H groups in total. The lowest BCUT2D eigenvalue weighted by Crippen LogP contribution is -2.44. The zero-order valence-corrected chi connectivity index (χ0v) is 13.5. The molecular formula is C17H24N2O3. The Labute approximate surface area is 131 Å². The molecule has 120 valence electrons. The molecule has 0 radical (unpaired) electrons. The maximum atomic E-state index is 12.3. The number of nitrogens with zero attached hydrogens (tertiary/aromatic N) is 1. The van der Waals surface area contributed by atoms with Crippen LogP contribution in [0.4, 0.5) is 5.69 Å². The van der Waals surface area contributed by atoms with E-state index in [9.17, 15) is 9.59 Å². The molecular weight excluding hydrogens is 280 g/mol. The molecule has 22 heavy (non-hydrogen) atoms. The summed E-state index contributed by atoms with van der Waals surface area (Å²) in [6.07, 6.45) is 1.19. The third kappa shape index (κ3) is 4.23. The number of benzene rings is 1. The molecule has 0 aromatic heterocycles. The van der Waals surface area contributed by atoms with Crippen molar-refractivity contribution in [3.63, 3.8) is 0 Å². The Morgan fingerprint density at radius 1 is 1.18 bits per heavy atom. The summed E-state index contributed by atoms with van der Waals surface area (Å²) in [7, 11) is 1.35. The molecule has 1 saturated heterocycles. The van der Waals surface area contributed by atoms with Crippen LogP contribution in [-0.4, -0.2) is 43.5 Å². The van der Waals surface area contributed by atoms with Crippen molar-refractivity contribution in [2.75, 3.05) is 32.1 Å². The smallest absolute Gasteiger partial charge is 0.337 e. The van der Waals surface area contributed by atoms with Gasteiger partial charge in [-0.2, -0.15) is 0 Å². The lowest BCUT2D eigenvalue weighted by molar-refractivity contribution is -0.131. The van der Waals surface area contributed by atoms with Gasteiger partial charge in [-0.15, -0.1) is 0 Å². The second-order valence-corrected chi connectivity index (χ2v) is 6.17. The van der Waals surface area contributed by atoms with E-state index >= 15 is 0 Å². The Morgan fingerprint density at radius 2 is 1.77 bits per heavy atom. The van der Waals surface area contributed by atoms with E-state index < -0.39 is 0 Å². The Hall–Kier alpha value is -2.04. The van der Waals surface area contributed by atoms with Crippen LogP contribution in [0.3, 0.4) is 0 Å². The largest absolute Gasteiger partial charge is 0.465 e. The summed E-state index contributed by atoms with van der Waals surface area (Å²) in [5.41, 5.74) is 1.32. The summed E-state index contributed by atoms with van der Waals surface area (Å²) in [5, 5.41) is 3.11. The highest BCUT2D eigenvalue weighted by Gasteiger charge is 2.24. The van der Waals surface area contributed by atoms with Crippen molar-refractivity contribution in [3.8, 4) is 0 Å². The van der Waals surface area contributed by atoms with Gasteiger partial charge in [0.1, 0.15) is 0 Å². The molecule has 1 aromatic carbocycles. The number of ether oxygens (including phenoxy) is 1. The minimum atomic E-state index is -0.362. The highest BCUT2D eigenvalue weighted by molar-refractivity contribution is 5.89. The van der Waals surface area contributed by atoms with Gasteiger partial charge in [0.15, 0.2) is 0 Å². The number of likely N-dealkylation sites (tertiary alicyclic amines) is 1. The number of nitrogens with one attached hydrogen (secondary N) is 1. The van der Waals surface area contributed by atoms with Crippen LogP contribution in [0.1, 0.15) is 30.6 Å². The molecule has 1 fully saturated rings. The maximum Gasteiger partial charge on any atom is 0.337 e. The standard InChI is InChI=1S/C17H24N2O3/c1-12-8-13(2)11-19(10-12)16(20)9-18-15-6-4-14(5-7-15)17(21)22-3/h4-7,12-13,18H,8-11H2,1-3H3/t12-,13-/m1/s1. The van der Waals surface area contributed by atoms with Crippen molar-refractivity contribution >= 4 is 17.6 Å². The summed E-state index contributed by atoms with van der Waals surface area (Å²) < 4.78 is 4.65. The van der Waals surface area contributed by atoms with Gasteiger partial charge < -0.3 is 15.0 Å². The summed E-state index contributed by atoms with van der Waals surface area (Å²) in [6.45, 7) is 6.33. The van der Waals surface area contributed by atoms with E-state index in [2.05, 4.69) is 23.9 Å². The molecule has 1 aliphatic heterocycles. The van der Waals surface area contributed by atoms with Crippen molar-refractivity contribution in [2.24, 2.45) is 11.8 Å². The highest BCUT2D eigenvalue weighted by atomic mass is 16.5. The Kier molecular flexibility index (Phi) is 5.41. The summed E-state index contributed by atoms with van der Waals surface area (Å²) in [6, 6.07) is 6.93. The van der Waals surface area contributed by atoms with Gasteiger partial charge in [0.05, 0.1) is 19.2 Å². The first kappa shape index (κ1) is 16.3. The second-order valence-electron chi connectivity index (χ2n) is 6.17. The van der Waals surface area contributed by atoms with Gasteiger partial charge >= 0.3 is 5.97 Å². The maximum absolute atomic E-state index is 12.3. The molecule has 0 bridgehead atoms. The van der Waals surface area contributed by atoms with Crippen LogP contribution >= 0.6 is 0 Å². The molecule has 0 aliphatic carbocycles.